The van der Waals surface area contributed by atoms with Crippen LogP contribution < -0.4 is 5.32 Å². The van der Waals surface area contributed by atoms with E-state index in [4.69, 9.17) is 0 Å². The van der Waals surface area contributed by atoms with Crippen molar-refractivity contribution in [3.8, 4) is 0 Å². The molecule has 0 saturated carbocycles. The minimum Gasteiger partial charge on any atom is -0.366 e. The number of hydrogen-bond acceptors (Lipinski definition) is 4. The molecule has 0 fully saturated rings. The topological polar surface area (TPSA) is 50.7 Å². The van der Waals surface area contributed by atoms with E-state index in [0.29, 0.717) is 5.92 Å². The molecule has 0 unspecified atom stereocenters. The van der Waals surface area contributed by atoms with Gasteiger partial charge in [0.2, 0.25) is 0 Å². The van der Waals surface area contributed by atoms with Crippen LogP contribution in [0.25, 0.3) is 0 Å². The molecule has 88 valence electrons. The summed E-state index contributed by atoms with van der Waals surface area (Å²) in [4.78, 5) is 12.5. The number of anilines is 1. The van der Waals surface area contributed by atoms with Crippen LogP contribution >= 0.6 is 0 Å². The number of aromatic nitrogens is 3. The molecule has 2 heterocycles. The van der Waals surface area contributed by atoms with Crippen molar-refractivity contribution in [2.24, 2.45) is 0 Å². The average molecular weight is 228 g/mol. The maximum absolute atomic E-state index is 4.23. The van der Waals surface area contributed by atoms with Gasteiger partial charge in [0.1, 0.15) is 12.1 Å². The fraction of sp³-hybridized carbons (Fsp3) is 0.308. The lowest BCUT2D eigenvalue weighted by molar-refractivity contribution is 0.813. The van der Waals surface area contributed by atoms with E-state index in [1.807, 2.05) is 24.4 Å². The summed E-state index contributed by atoms with van der Waals surface area (Å²) in [6, 6.07) is 5.95. The molecule has 0 aromatic carbocycles. The smallest absolute Gasteiger partial charge is 0.129 e. The van der Waals surface area contributed by atoms with Crippen molar-refractivity contribution in [2.75, 3.05) is 5.32 Å². The molecule has 0 spiro atoms. The Hall–Kier alpha value is -1.97. The van der Waals surface area contributed by atoms with E-state index < -0.39 is 0 Å². The second-order valence-corrected chi connectivity index (χ2v) is 4.20. The van der Waals surface area contributed by atoms with Gasteiger partial charge in [0, 0.05) is 30.7 Å². The van der Waals surface area contributed by atoms with Gasteiger partial charge in [0.15, 0.2) is 0 Å². The molecule has 0 bridgehead atoms. The molecule has 2 rings (SSSR count). The summed E-state index contributed by atoms with van der Waals surface area (Å²) < 4.78 is 0. The van der Waals surface area contributed by atoms with Crippen LogP contribution in [0.2, 0.25) is 0 Å². The van der Waals surface area contributed by atoms with Gasteiger partial charge < -0.3 is 5.32 Å². The van der Waals surface area contributed by atoms with Gasteiger partial charge >= 0.3 is 0 Å². The molecule has 0 aliphatic carbocycles. The third kappa shape index (κ3) is 3.24. The van der Waals surface area contributed by atoms with Crippen LogP contribution in [0.5, 0.6) is 0 Å². The van der Waals surface area contributed by atoms with Gasteiger partial charge in [-0.1, -0.05) is 19.9 Å². The molecule has 0 amide bonds. The summed E-state index contributed by atoms with van der Waals surface area (Å²) in [6.45, 7) is 4.96. The van der Waals surface area contributed by atoms with Crippen LogP contribution in [0.3, 0.4) is 0 Å². The van der Waals surface area contributed by atoms with Crippen LogP contribution in [0.4, 0.5) is 5.82 Å². The van der Waals surface area contributed by atoms with Crippen molar-refractivity contribution in [2.45, 2.75) is 26.3 Å². The maximum atomic E-state index is 4.23. The summed E-state index contributed by atoms with van der Waals surface area (Å²) in [6.07, 6.45) is 5.21. The molecule has 2 aromatic heterocycles. The van der Waals surface area contributed by atoms with Gasteiger partial charge in [-0.2, -0.15) is 0 Å². The Morgan fingerprint density at radius 2 is 2.18 bits per heavy atom. The molecule has 0 saturated heterocycles. The van der Waals surface area contributed by atoms with Crippen molar-refractivity contribution in [1.29, 1.82) is 0 Å². The number of rotatable bonds is 4. The Morgan fingerprint density at radius 3 is 2.88 bits per heavy atom. The Labute approximate surface area is 101 Å². The normalized spacial score (nSPS) is 10.5. The number of nitrogens with one attached hydrogen (secondary N) is 1. The molecule has 0 radical (unpaired) electrons. The summed E-state index contributed by atoms with van der Waals surface area (Å²) in [7, 11) is 0. The third-order valence-electron chi connectivity index (χ3n) is 2.48. The van der Waals surface area contributed by atoms with Gasteiger partial charge in [0.25, 0.3) is 0 Å². The van der Waals surface area contributed by atoms with Crippen LogP contribution in [-0.2, 0) is 6.54 Å². The van der Waals surface area contributed by atoms with E-state index >= 15 is 0 Å². The summed E-state index contributed by atoms with van der Waals surface area (Å²) >= 11 is 0. The first-order valence-corrected chi connectivity index (χ1v) is 5.70. The summed E-state index contributed by atoms with van der Waals surface area (Å²) in [5.74, 6) is 1.27. The van der Waals surface area contributed by atoms with E-state index in [1.165, 1.54) is 0 Å². The zero-order valence-electron chi connectivity index (χ0n) is 10.1. The second-order valence-electron chi connectivity index (χ2n) is 4.20. The minimum atomic E-state index is 0.414. The molecule has 4 nitrogen and oxygen atoms in total. The summed E-state index contributed by atoms with van der Waals surface area (Å²) in [5.41, 5.74) is 2.19. The SMILES string of the molecule is CC(C)c1cc(NCc2cccnc2)ncn1. The van der Waals surface area contributed by atoms with Crippen molar-refractivity contribution in [3.63, 3.8) is 0 Å². The second kappa shape index (κ2) is 5.39. The Balaban J connectivity index is 2.02. The van der Waals surface area contributed by atoms with Crippen molar-refractivity contribution < 1.29 is 0 Å². The fourth-order valence-electron chi connectivity index (χ4n) is 1.48. The van der Waals surface area contributed by atoms with Crippen molar-refractivity contribution >= 4 is 5.82 Å². The molecule has 17 heavy (non-hydrogen) atoms. The zero-order chi connectivity index (χ0) is 12.1. The quantitative estimate of drug-likeness (QED) is 0.874. The Bertz CT molecular complexity index is 468. The molecular formula is C13H16N4. The molecule has 2 aromatic rings. The lowest BCUT2D eigenvalue weighted by atomic mass is 10.1. The molecule has 0 aliphatic rings. The van der Waals surface area contributed by atoms with E-state index in [2.05, 4.69) is 34.1 Å². The lowest BCUT2D eigenvalue weighted by Gasteiger charge is -2.08. The first kappa shape index (κ1) is 11.5. The summed E-state index contributed by atoms with van der Waals surface area (Å²) in [5, 5.41) is 3.27. The van der Waals surface area contributed by atoms with Gasteiger partial charge in [-0.25, -0.2) is 9.97 Å². The van der Waals surface area contributed by atoms with Gasteiger partial charge in [-0.3, -0.25) is 4.98 Å². The van der Waals surface area contributed by atoms with Crippen molar-refractivity contribution in [1.82, 2.24) is 15.0 Å². The predicted molar refractivity (Wildman–Crippen MR) is 67.7 cm³/mol. The van der Waals surface area contributed by atoms with Gasteiger partial charge in [-0.05, 0) is 17.5 Å². The van der Waals surface area contributed by atoms with Gasteiger partial charge in [0.05, 0.1) is 0 Å². The predicted octanol–water partition coefficient (Wildman–Crippen LogP) is 2.61. The van der Waals surface area contributed by atoms with E-state index in [0.717, 1.165) is 23.6 Å². The zero-order valence-corrected chi connectivity index (χ0v) is 10.1. The highest BCUT2D eigenvalue weighted by Crippen LogP contribution is 2.14. The average Bonchev–Trinajstić information content (AvgIpc) is 2.38. The monoisotopic (exact) mass is 228 g/mol. The van der Waals surface area contributed by atoms with Crippen molar-refractivity contribution in [3.05, 3.63) is 48.2 Å². The first-order valence-electron chi connectivity index (χ1n) is 5.70. The van der Waals surface area contributed by atoms with Crippen LogP contribution in [0, 0.1) is 0 Å². The molecule has 1 N–H and O–H groups in total. The largest absolute Gasteiger partial charge is 0.366 e. The molecule has 4 heteroatoms. The van der Waals surface area contributed by atoms with Crippen LogP contribution in [0.1, 0.15) is 31.0 Å². The molecule has 0 atom stereocenters. The van der Waals surface area contributed by atoms with E-state index in [-0.39, 0.29) is 0 Å². The first-order chi connectivity index (χ1) is 8.25. The van der Waals surface area contributed by atoms with E-state index in [1.54, 1.807) is 12.5 Å². The number of nitrogens with zero attached hydrogens (tertiary/aromatic N) is 3. The number of hydrogen-bond donors (Lipinski definition) is 1. The highest BCUT2D eigenvalue weighted by atomic mass is 15.0. The lowest BCUT2D eigenvalue weighted by Crippen LogP contribution is -2.03. The minimum absolute atomic E-state index is 0.414. The van der Waals surface area contributed by atoms with E-state index in [9.17, 15) is 0 Å². The van der Waals surface area contributed by atoms with Crippen LogP contribution in [-0.4, -0.2) is 15.0 Å². The maximum Gasteiger partial charge on any atom is 0.129 e. The highest BCUT2D eigenvalue weighted by molar-refractivity contribution is 5.36. The van der Waals surface area contributed by atoms with Gasteiger partial charge in [-0.15, -0.1) is 0 Å². The fourth-order valence-corrected chi connectivity index (χ4v) is 1.48. The number of pyridine rings is 1. The van der Waals surface area contributed by atoms with Crippen LogP contribution in [0.15, 0.2) is 36.9 Å². The third-order valence-corrected chi connectivity index (χ3v) is 2.48. The highest BCUT2D eigenvalue weighted by Gasteiger charge is 2.02. The Morgan fingerprint density at radius 1 is 1.29 bits per heavy atom. The standard InChI is InChI=1S/C13H16N4/c1-10(2)12-6-13(17-9-16-12)15-8-11-4-3-5-14-7-11/h3-7,9-10H,8H2,1-2H3,(H,15,16,17). The molecule has 0 aliphatic heterocycles. The Kier molecular flexibility index (Phi) is 3.65. The molecular weight excluding hydrogens is 212 g/mol.